The van der Waals surface area contributed by atoms with E-state index < -0.39 is 5.60 Å². The molecule has 0 spiro atoms. The number of carbonyl (C=O) groups is 1. The number of hydrogen-bond acceptors (Lipinski definition) is 3. The van der Waals surface area contributed by atoms with Gasteiger partial charge in [0, 0.05) is 0 Å². The summed E-state index contributed by atoms with van der Waals surface area (Å²) < 4.78 is 0. The second kappa shape index (κ2) is 6.96. The summed E-state index contributed by atoms with van der Waals surface area (Å²) in [5.41, 5.74) is 1.18. The summed E-state index contributed by atoms with van der Waals surface area (Å²) >= 11 is 0. The molecule has 5 nitrogen and oxygen atoms in total. The third-order valence-corrected chi connectivity index (χ3v) is 4.44. The van der Waals surface area contributed by atoms with Crippen LogP contribution in [0.5, 0.6) is 0 Å². The first-order valence-electron chi connectivity index (χ1n) is 8.23. The lowest BCUT2D eigenvalue weighted by molar-refractivity contribution is -0.127. The molecule has 122 valence electrons. The zero-order valence-corrected chi connectivity index (χ0v) is 13.2. The van der Waals surface area contributed by atoms with Gasteiger partial charge in [0.2, 0.25) is 5.91 Å². The molecule has 0 unspecified atom stereocenters. The van der Waals surface area contributed by atoms with Gasteiger partial charge >= 0.3 is 0 Å². The first-order chi connectivity index (χ1) is 11.1. The maximum Gasteiger partial charge on any atom is 0.223 e. The SMILES string of the molecule is O=C(CC1(O)CCCCC1)NCc1ncc(-c2ccccc2)[nH]1. The predicted octanol–water partition coefficient (Wildman–Crippen LogP) is 2.78. The minimum atomic E-state index is -0.819. The van der Waals surface area contributed by atoms with Crippen LogP contribution in [0, 0.1) is 0 Å². The maximum absolute atomic E-state index is 12.1. The smallest absolute Gasteiger partial charge is 0.223 e. The molecule has 3 N–H and O–H groups in total. The molecule has 2 aromatic rings. The zero-order chi connectivity index (χ0) is 16.1. The van der Waals surface area contributed by atoms with Gasteiger partial charge in [-0.1, -0.05) is 49.6 Å². The van der Waals surface area contributed by atoms with E-state index in [1.807, 2.05) is 30.3 Å². The molecule has 1 fully saturated rings. The average Bonchev–Trinajstić information content (AvgIpc) is 3.03. The molecule has 3 rings (SSSR count). The third kappa shape index (κ3) is 4.20. The lowest BCUT2D eigenvalue weighted by Crippen LogP contribution is -2.38. The molecular weight excluding hydrogens is 290 g/mol. The average molecular weight is 313 g/mol. The van der Waals surface area contributed by atoms with Crippen molar-refractivity contribution in [2.45, 2.75) is 50.7 Å². The normalized spacial score (nSPS) is 16.9. The van der Waals surface area contributed by atoms with Crippen LogP contribution in [0.3, 0.4) is 0 Å². The van der Waals surface area contributed by atoms with Crippen molar-refractivity contribution in [3.63, 3.8) is 0 Å². The lowest BCUT2D eigenvalue weighted by atomic mass is 9.82. The topological polar surface area (TPSA) is 78.0 Å². The summed E-state index contributed by atoms with van der Waals surface area (Å²) in [4.78, 5) is 19.6. The van der Waals surface area contributed by atoms with E-state index in [0.717, 1.165) is 43.4 Å². The van der Waals surface area contributed by atoms with Crippen molar-refractivity contribution >= 4 is 5.91 Å². The maximum atomic E-state index is 12.1. The van der Waals surface area contributed by atoms with Gasteiger partial charge in [0.15, 0.2) is 0 Å². The van der Waals surface area contributed by atoms with Gasteiger partial charge in [-0.2, -0.15) is 0 Å². The van der Waals surface area contributed by atoms with Gasteiger partial charge in [-0.05, 0) is 18.4 Å². The number of imidazole rings is 1. The van der Waals surface area contributed by atoms with E-state index >= 15 is 0 Å². The highest BCUT2D eigenvalue weighted by Gasteiger charge is 2.31. The lowest BCUT2D eigenvalue weighted by Gasteiger charge is -2.31. The number of aliphatic hydroxyl groups is 1. The van der Waals surface area contributed by atoms with Gasteiger partial charge < -0.3 is 15.4 Å². The van der Waals surface area contributed by atoms with Crippen LogP contribution in [0.2, 0.25) is 0 Å². The summed E-state index contributed by atoms with van der Waals surface area (Å²) in [5, 5.41) is 13.3. The Bertz CT molecular complexity index is 645. The Kier molecular flexibility index (Phi) is 4.76. The number of carbonyl (C=O) groups excluding carboxylic acids is 1. The van der Waals surface area contributed by atoms with Gasteiger partial charge in [-0.3, -0.25) is 4.79 Å². The Morgan fingerprint density at radius 2 is 1.96 bits per heavy atom. The Morgan fingerprint density at radius 3 is 2.70 bits per heavy atom. The van der Waals surface area contributed by atoms with E-state index in [9.17, 15) is 9.90 Å². The van der Waals surface area contributed by atoms with Crippen LogP contribution in [0.4, 0.5) is 0 Å². The van der Waals surface area contributed by atoms with E-state index in [4.69, 9.17) is 0 Å². The predicted molar refractivity (Wildman–Crippen MR) is 88.5 cm³/mol. The molecule has 23 heavy (non-hydrogen) atoms. The van der Waals surface area contributed by atoms with Gasteiger partial charge in [-0.25, -0.2) is 4.98 Å². The fourth-order valence-corrected chi connectivity index (χ4v) is 3.15. The number of benzene rings is 1. The summed E-state index contributed by atoms with van der Waals surface area (Å²) in [5.74, 6) is 0.597. The van der Waals surface area contributed by atoms with Crippen molar-refractivity contribution in [2.75, 3.05) is 0 Å². The molecule has 1 saturated carbocycles. The van der Waals surface area contributed by atoms with Crippen LogP contribution in [-0.2, 0) is 11.3 Å². The summed E-state index contributed by atoms with van der Waals surface area (Å²) in [6.07, 6.45) is 6.55. The van der Waals surface area contributed by atoms with Gasteiger partial charge in [0.1, 0.15) is 5.82 Å². The van der Waals surface area contributed by atoms with Gasteiger partial charge in [0.25, 0.3) is 0 Å². The molecule has 1 heterocycles. The number of H-pyrrole nitrogens is 1. The zero-order valence-electron chi connectivity index (χ0n) is 13.2. The number of amides is 1. The summed E-state index contributed by atoms with van der Waals surface area (Å²) in [6.45, 7) is 0.349. The highest BCUT2D eigenvalue weighted by molar-refractivity contribution is 5.77. The number of nitrogens with one attached hydrogen (secondary N) is 2. The molecule has 1 aliphatic rings. The molecule has 0 saturated heterocycles. The van der Waals surface area contributed by atoms with Crippen molar-refractivity contribution in [1.29, 1.82) is 0 Å². The minimum Gasteiger partial charge on any atom is -0.389 e. The highest BCUT2D eigenvalue weighted by Crippen LogP contribution is 2.30. The molecule has 0 bridgehead atoms. The van der Waals surface area contributed by atoms with E-state index in [-0.39, 0.29) is 12.3 Å². The Balaban J connectivity index is 1.52. The van der Waals surface area contributed by atoms with Crippen LogP contribution < -0.4 is 5.32 Å². The molecule has 0 radical (unpaired) electrons. The number of aromatic nitrogens is 2. The first kappa shape index (κ1) is 15.7. The van der Waals surface area contributed by atoms with E-state index in [1.54, 1.807) is 6.20 Å². The van der Waals surface area contributed by atoms with Crippen LogP contribution in [0.25, 0.3) is 11.3 Å². The van der Waals surface area contributed by atoms with Crippen LogP contribution in [0.1, 0.15) is 44.3 Å². The Morgan fingerprint density at radius 1 is 1.22 bits per heavy atom. The van der Waals surface area contributed by atoms with E-state index in [1.165, 1.54) is 0 Å². The molecule has 0 atom stereocenters. The number of rotatable bonds is 5. The number of hydrogen-bond donors (Lipinski definition) is 3. The van der Waals surface area contributed by atoms with E-state index in [2.05, 4.69) is 15.3 Å². The van der Waals surface area contributed by atoms with Crippen molar-refractivity contribution < 1.29 is 9.90 Å². The van der Waals surface area contributed by atoms with Crippen molar-refractivity contribution in [3.8, 4) is 11.3 Å². The van der Waals surface area contributed by atoms with E-state index in [0.29, 0.717) is 12.4 Å². The van der Waals surface area contributed by atoms with Crippen molar-refractivity contribution in [3.05, 3.63) is 42.4 Å². The molecule has 1 aromatic carbocycles. The highest BCUT2D eigenvalue weighted by atomic mass is 16.3. The quantitative estimate of drug-likeness (QED) is 0.794. The minimum absolute atomic E-state index is 0.118. The van der Waals surface area contributed by atoms with Crippen LogP contribution in [-0.4, -0.2) is 26.6 Å². The number of nitrogens with zero attached hydrogens (tertiary/aromatic N) is 1. The molecule has 0 aliphatic heterocycles. The molecule has 5 heteroatoms. The first-order valence-corrected chi connectivity index (χ1v) is 8.23. The fourth-order valence-electron chi connectivity index (χ4n) is 3.15. The van der Waals surface area contributed by atoms with Crippen molar-refractivity contribution in [1.82, 2.24) is 15.3 Å². The monoisotopic (exact) mass is 313 g/mol. The summed E-state index contributed by atoms with van der Waals surface area (Å²) in [6, 6.07) is 9.94. The molecule has 1 aromatic heterocycles. The van der Waals surface area contributed by atoms with Crippen molar-refractivity contribution in [2.24, 2.45) is 0 Å². The standard InChI is InChI=1S/C18H23N3O2/c22-17(11-18(23)9-5-2-6-10-18)20-13-16-19-12-15(21-16)14-7-3-1-4-8-14/h1,3-4,7-8,12,23H,2,5-6,9-11,13H2,(H,19,21)(H,20,22). The largest absolute Gasteiger partial charge is 0.389 e. The number of aromatic amines is 1. The summed E-state index contributed by atoms with van der Waals surface area (Å²) in [7, 11) is 0. The van der Waals surface area contributed by atoms with Gasteiger partial charge in [-0.15, -0.1) is 0 Å². The molecule has 1 amide bonds. The van der Waals surface area contributed by atoms with Gasteiger partial charge in [0.05, 0.1) is 30.5 Å². The second-order valence-corrected chi connectivity index (χ2v) is 6.35. The second-order valence-electron chi connectivity index (χ2n) is 6.35. The molecular formula is C18H23N3O2. The molecule has 1 aliphatic carbocycles. The van der Waals surface area contributed by atoms with Crippen LogP contribution in [0.15, 0.2) is 36.5 Å². The van der Waals surface area contributed by atoms with Crippen LogP contribution >= 0.6 is 0 Å². The fraction of sp³-hybridized carbons (Fsp3) is 0.444. The third-order valence-electron chi connectivity index (χ3n) is 4.44. The Hall–Kier alpha value is -2.14. The Labute approximate surface area is 136 Å².